The minimum Gasteiger partial charge on any atom is -0.395 e. The third-order valence-corrected chi connectivity index (χ3v) is 3.88. The molecule has 0 spiro atoms. The van der Waals surface area contributed by atoms with Gasteiger partial charge in [-0.1, -0.05) is 19.9 Å². The van der Waals surface area contributed by atoms with Crippen LogP contribution in [0, 0.1) is 0 Å². The third-order valence-electron chi connectivity index (χ3n) is 3.88. The van der Waals surface area contributed by atoms with Crippen LogP contribution in [0.2, 0.25) is 0 Å². The summed E-state index contributed by atoms with van der Waals surface area (Å²) in [5.74, 6) is 1.03. The molecule has 0 unspecified atom stereocenters. The van der Waals surface area contributed by atoms with Gasteiger partial charge in [0.25, 0.3) is 0 Å². The second kappa shape index (κ2) is 7.54. The molecule has 5 heteroatoms. The molecule has 0 bridgehead atoms. The molecule has 0 aliphatic carbocycles. The van der Waals surface area contributed by atoms with Crippen molar-refractivity contribution < 1.29 is 5.11 Å². The van der Waals surface area contributed by atoms with E-state index in [4.69, 9.17) is 15.8 Å². The summed E-state index contributed by atoms with van der Waals surface area (Å²) in [6, 6.07) is 6.46. The number of fused-ring (bicyclic) bond motifs is 1. The Hall–Kier alpha value is -1.43. The van der Waals surface area contributed by atoms with Crippen molar-refractivity contribution in [2.75, 3.05) is 26.2 Å². The molecule has 0 radical (unpaired) electrons. The summed E-state index contributed by atoms with van der Waals surface area (Å²) in [6.45, 7) is 8.10. The van der Waals surface area contributed by atoms with E-state index in [2.05, 4.69) is 41.5 Å². The molecule has 0 saturated heterocycles. The molecule has 1 aromatic carbocycles. The number of likely N-dealkylation sites (N-methyl/N-ethyl adjacent to an activating group) is 1. The van der Waals surface area contributed by atoms with Gasteiger partial charge in [0, 0.05) is 19.6 Å². The number of hydrogen-bond donors (Lipinski definition) is 2. The average molecular weight is 290 g/mol. The molecule has 116 valence electrons. The lowest BCUT2D eigenvalue weighted by atomic mass is 10.1. The van der Waals surface area contributed by atoms with E-state index >= 15 is 0 Å². The first kappa shape index (κ1) is 15.9. The molecule has 1 heterocycles. The molecule has 3 N–H and O–H groups in total. The van der Waals surface area contributed by atoms with Crippen LogP contribution >= 0.6 is 0 Å². The number of aromatic nitrogens is 2. The van der Waals surface area contributed by atoms with E-state index < -0.39 is 0 Å². The van der Waals surface area contributed by atoms with Gasteiger partial charge in [-0.05, 0) is 30.7 Å². The molecule has 2 rings (SSSR count). The van der Waals surface area contributed by atoms with Crippen molar-refractivity contribution >= 4 is 11.0 Å². The Kier molecular flexibility index (Phi) is 5.73. The van der Waals surface area contributed by atoms with Crippen LogP contribution < -0.4 is 5.73 Å². The first-order valence-corrected chi connectivity index (χ1v) is 7.74. The van der Waals surface area contributed by atoms with Gasteiger partial charge < -0.3 is 15.4 Å². The van der Waals surface area contributed by atoms with Crippen LogP contribution in [0.1, 0.15) is 25.2 Å². The summed E-state index contributed by atoms with van der Waals surface area (Å²) in [4.78, 5) is 6.98. The van der Waals surface area contributed by atoms with Gasteiger partial charge in [-0.2, -0.15) is 0 Å². The fourth-order valence-corrected chi connectivity index (χ4v) is 2.63. The number of hydrogen-bond acceptors (Lipinski definition) is 4. The van der Waals surface area contributed by atoms with Crippen molar-refractivity contribution in [1.82, 2.24) is 14.5 Å². The zero-order chi connectivity index (χ0) is 15.2. The molecule has 21 heavy (non-hydrogen) atoms. The summed E-state index contributed by atoms with van der Waals surface area (Å²) in [5, 5.41) is 9.14. The fraction of sp³-hybridized carbons (Fsp3) is 0.562. The van der Waals surface area contributed by atoms with Crippen molar-refractivity contribution in [2.24, 2.45) is 5.73 Å². The van der Waals surface area contributed by atoms with E-state index in [1.165, 1.54) is 5.56 Å². The summed E-state index contributed by atoms with van der Waals surface area (Å²) >= 11 is 0. The number of rotatable bonds is 8. The van der Waals surface area contributed by atoms with Crippen molar-refractivity contribution in [3.05, 3.63) is 29.6 Å². The normalized spacial score (nSPS) is 11.7. The molecule has 0 amide bonds. The molecule has 0 saturated carbocycles. The van der Waals surface area contributed by atoms with Gasteiger partial charge in [-0.25, -0.2) is 4.98 Å². The molecule has 0 atom stereocenters. The van der Waals surface area contributed by atoms with Gasteiger partial charge in [-0.3, -0.25) is 4.90 Å². The van der Waals surface area contributed by atoms with Gasteiger partial charge >= 0.3 is 0 Å². The third kappa shape index (κ3) is 3.61. The zero-order valence-corrected chi connectivity index (χ0v) is 13.0. The van der Waals surface area contributed by atoms with Crippen LogP contribution in [0.4, 0.5) is 0 Å². The Morgan fingerprint density at radius 1 is 1.33 bits per heavy atom. The van der Waals surface area contributed by atoms with Crippen LogP contribution in [-0.4, -0.2) is 45.8 Å². The van der Waals surface area contributed by atoms with Gasteiger partial charge in [0.2, 0.25) is 0 Å². The fourth-order valence-electron chi connectivity index (χ4n) is 2.63. The first-order valence-electron chi connectivity index (χ1n) is 7.74. The smallest absolute Gasteiger partial charge is 0.124 e. The second-order valence-corrected chi connectivity index (χ2v) is 5.24. The number of benzene rings is 1. The minimum absolute atomic E-state index is 0.172. The molecule has 0 aliphatic heterocycles. The lowest BCUT2D eigenvalue weighted by Crippen LogP contribution is -2.28. The Morgan fingerprint density at radius 2 is 2.14 bits per heavy atom. The molecular formula is C16H26N4O. The Bertz CT molecular complexity index is 579. The zero-order valence-electron chi connectivity index (χ0n) is 13.0. The van der Waals surface area contributed by atoms with Crippen LogP contribution in [-0.2, 0) is 19.5 Å². The number of nitrogens with zero attached hydrogens (tertiary/aromatic N) is 3. The van der Waals surface area contributed by atoms with E-state index in [-0.39, 0.29) is 6.61 Å². The summed E-state index contributed by atoms with van der Waals surface area (Å²) in [7, 11) is 0. The Labute approximate surface area is 126 Å². The molecule has 1 aromatic heterocycles. The number of nitrogens with two attached hydrogens (primary N) is 1. The van der Waals surface area contributed by atoms with Crippen LogP contribution in [0.3, 0.4) is 0 Å². The van der Waals surface area contributed by atoms with E-state index in [0.29, 0.717) is 13.1 Å². The number of aryl methyl sites for hydroxylation is 1. The maximum atomic E-state index is 9.14. The second-order valence-electron chi connectivity index (χ2n) is 5.24. The van der Waals surface area contributed by atoms with Crippen LogP contribution in [0.15, 0.2) is 18.2 Å². The van der Waals surface area contributed by atoms with Crippen molar-refractivity contribution in [1.29, 1.82) is 0 Å². The van der Waals surface area contributed by atoms with E-state index in [1.807, 2.05) is 0 Å². The van der Waals surface area contributed by atoms with E-state index in [9.17, 15) is 0 Å². The highest BCUT2D eigenvalue weighted by Crippen LogP contribution is 2.19. The largest absolute Gasteiger partial charge is 0.395 e. The quantitative estimate of drug-likeness (QED) is 0.770. The highest BCUT2D eigenvalue weighted by atomic mass is 16.3. The van der Waals surface area contributed by atoms with Gasteiger partial charge in [0.1, 0.15) is 5.82 Å². The molecule has 5 nitrogen and oxygen atoms in total. The monoisotopic (exact) mass is 290 g/mol. The van der Waals surface area contributed by atoms with Gasteiger partial charge in [0.15, 0.2) is 0 Å². The van der Waals surface area contributed by atoms with Crippen molar-refractivity contribution in [2.45, 2.75) is 33.4 Å². The van der Waals surface area contributed by atoms with E-state index in [1.54, 1.807) is 0 Å². The first-order chi connectivity index (χ1) is 10.2. The number of imidazole rings is 1. The molecule has 0 fully saturated rings. The summed E-state index contributed by atoms with van der Waals surface area (Å²) < 4.78 is 2.20. The van der Waals surface area contributed by atoms with Crippen LogP contribution in [0.5, 0.6) is 0 Å². The predicted octanol–water partition coefficient (Wildman–Crippen LogP) is 1.37. The van der Waals surface area contributed by atoms with Gasteiger partial charge in [0.05, 0.1) is 24.2 Å². The number of aliphatic hydroxyl groups excluding tert-OH is 1. The minimum atomic E-state index is 0.172. The highest BCUT2D eigenvalue weighted by molar-refractivity contribution is 5.77. The van der Waals surface area contributed by atoms with Crippen molar-refractivity contribution in [3.8, 4) is 0 Å². The Morgan fingerprint density at radius 3 is 2.76 bits per heavy atom. The summed E-state index contributed by atoms with van der Waals surface area (Å²) in [6.07, 6.45) is 1.01. The molecule has 2 aromatic rings. The SMILES string of the molecule is CCc1ccc2c(c1)nc(CN(CC)CCO)n2CCN. The molecule has 0 aliphatic rings. The standard InChI is InChI=1S/C16H26N4O/c1-3-13-5-6-15-14(11-13)18-16(20(15)8-7-17)12-19(4-2)9-10-21/h5-6,11,21H,3-4,7-10,12,17H2,1-2H3. The van der Waals surface area contributed by atoms with Gasteiger partial charge in [-0.15, -0.1) is 0 Å². The lowest BCUT2D eigenvalue weighted by Gasteiger charge is -2.19. The maximum Gasteiger partial charge on any atom is 0.124 e. The topological polar surface area (TPSA) is 67.3 Å². The Balaban J connectivity index is 2.38. The van der Waals surface area contributed by atoms with Crippen LogP contribution in [0.25, 0.3) is 11.0 Å². The van der Waals surface area contributed by atoms with E-state index in [0.717, 1.165) is 42.9 Å². The highest BCUT2D eigenvalue weighted by Gasteiger charge is 2.13. The summed E-state index contributed by atoms with van der Waals surface area (Å²) in [5.41, 5.74) is 9.24. The maximum absolute atomic E-state index is 9.14. The van der Waals surface area contributed by atoms with Crippen molar-refractivity contribution in [3.63, 3.8) is 0 Å². The predicted molar refractivity (Wildman–Crippen MR) is 86.2 cm³/mol. The average Bonchev–Trinajstić information content (AvgIpc) is 2.84. The molecular weight excluding hydrogens is 264 g/mol. The lowest BCUT2D eigenvalue weighted by molar-refractivity contribution is 0.192. The number of aliphatic hydroxyl groups is 1.